The summed E-state index contributed by atoms with van der Waals surface area (Å²) < 4.78 is 241. The van der Waals surface area contributed by atoms with Gasteiger partial charge in [0.1, 0.15) is 0 Å². The molecule has 44 heavy (non-hydrogen) atoms. The van der Waals surface area contributed by atoms with Crippen LogP contribution in [0.4, 0.5) is 0 Å². The fourth-order valence-electron chi connectivity index (χ4n) is 5.20. The van der Waals surface area contributed by atoms with Gasteiger partial charge in [0.2, 0.25) is 0 Å². The highest BCUT2D eigenvalue weighted by atomic mass is 14.2. The average molecular weight is 584 g/mol. The van der Waals surface area contributed by atoms with Crippen LogP contribution in [0.5, 0.6) is 0 Å². The van der Waals surface area contributed by atoms with Crippen LogP contribution in [-0.2, 0) is 0 Å². The van der Waals surface area contributed by atoms with Gasteiger partial charge in [0, 0.05) is 0 Å². The van der Waals surface area contributed by atoms with Crippen molar-refractivity contribution in [3.8, 4) is 33.4 Å². The zero-order chi connectivity index (χ0) is 52.5. The van der Waals surface area contributed by atoms with Gasteiger partial charge in [-0.25, -0.2) is 0 Å². The van der Waals surface area contributed by atoms with Gasteiger partial charge in [0.05, 0.1) is 37.0 Å². The molecule has 9 rings (SSSR count). The first kappa shape index (κ1) is 9.91. The maximum Gasteiger partial charge on any atom is 0.0636 e. The van der Waals surface area contributed by atoms with Gasteiger partial charge in [-0.2, -0.15) is 0 Å². The van der Waals surface area contributed by atoms with Crippen LogP contribution in [0.25, 0.3) is 87.2 Å². The molecular formula is C44H28. The molecule has 0 amide bonds. The molecule has 0 fully saturated rings. The molecule has 0 heterocycles. The smallest absolute Gasteiger partial charge is 0.0616 e. The highest BCUT2D eigenvalue weighted by molar-refractivity contribution is 6.22. The lowest BCUT2D eigenvalue weighted by atomic mass is 9.85. The largest absolute Gasteiger partial charge is 0.0636 e. The van der Waals surface area contributed by atoms with Crippen molar-refractivity contribution in [1.82, 2.24) is 0 Å². The predicted molar refractivity (Wildman–Crippen MR) is 190 cm³/mol. The Morgan fingerprint density at radius 3 is 1.52 bits per heavy atom. The van der Waals surface area contributed by atoms with E-state index in [0.29, 0.717) is 0 Å². The lowest BCUT2D eigenvalue weighted by Crippen LogP contribution is -1.91. The summed E-state index contributed by atoms with van der Waals surface area (Å²) in [5.41, 5.74) is -4.23. The van der Waals surface area contributed by atoms with Crippen molar-refractivity contribution in [3.63, 3.8) is 0 Å². The Balaban J connectivity index is 1.54. The summed E-state index contributed by atoms with van der Waals surface area (Å²) in [7, 11) is 0. The Morgan fingerprint density at radius 1 is 0.273 bits per heavy atom. The highest BCUT2D eigenvalue weighted by Gasteiger charge is 2.17. The van der Waals surface area contributed by atoms with E-state index in [1.807, 2.05) is 0 Å². The number of fused-ring (bicyclic) bond motifs is 6. The van der Waals surface area contributed by atoms with Crippen molar-refractivity contribution in [3.05, 3.63) is 169 Å². The molecule has 0 heteroatoms. The second kappa shape index (κ2) is 9.93. The van der Waals surface area contributed by atoms with Crippen LogP contribution in [0, 0.1) is 0 Å². The summed E-state index contributed by atoms with van der Waals surface area (Å²) >= 11 is 0. The minimum Gasteiger partial charge on any atom is -0.0616 e. The van der Waals surface area contributed by atoms with Crippen molar-refractivity contribution < 1.29 is 37.0 Å². The van der Waals surface area contributed by atoms with E-state index >= 15 is 0 Å². The lowest BCUT2D eigenvalue weighted by molar-refractivity contribution is 1.63. The molecule has 9 aromatic carbocycles. The summed E-state index contributed by atoms with van der Waals surface area (Å²) in [6.07, 6.45) is 0. The number of hydrogen-bond acceptors (Lipinski definition) is 0. The Labute approximate surface area is 294 Å². The van der Waals surface area contributed by atoms with Crippen molar-refractivity contribution in [2.75, 3.05) is 0 Å². The summed E-state index contributed by atoms with van der Waals surface area (Å²) in [5.74, 6) is 0. The van der Waals surface area contributed by atoms with Gasteiger partial charge >= 0.3 is 0 Å². The standard InChI is InChI=1S/C44H28/c1-2-11-34-27-35(25-19-29(34)9-1)30-17-23-33(24-18-30)43-38-13-5-7-15-40(38)44(41-16-8-6-14-39(41)43)36-26-22-32-21-20-31-10-3-4-12-37(31)42(32)28-36/h1-28H/i1D,2D,3D,4D,5D,6D,7D,8D,9D,10D,11D,12D,13D,15D,16D,17D,18D,19D,20D,21D,22D,23D,24D,25D,26D,27D,28D. The highest BCUT2D eigenvalue weighted by Crippen LogP contribution is 2.44. The second-order valence-corrected chi connectivity index (χ2v) is 9.58. The number of hydrogen-bond donors (Lipinski definition) is 0. The Hall–Kier alpha value is -5.72. The lowest BCUT2D eigenvalue weighted by Gasteiger charge is -2.18. The molecule has 0 aromatic heterocycles. The van der Waals surface area contributed by atoms with Crippen molar-refractivity contribution in [2.45, 2.75) is 0 Å². The molecule has 0 aliphatic rings. The summed E-state index contributed by atoms with van der Waals surface area (Å²) in [6, 6.07) is -22.6. The van der Waals surface area contributed by atoms with E-state index in [9.17, 15) is 13.7 Å². The van der Waals surface area contributed by atoms with Gasteiger partial charge in [-0.1, -0.05) is 157 Å². The fourth-order valence-corrected chi connectivity index (χ4v) is 5.20. The third-order valence-electron chi connectivity index (χ3n) is 7.14. The quantitative estimate of drug-likeness (QED) is 0.143. The van der Waals surface area contributed by atoms with Crippen LogP contribution >= 0.6 is 0 Å². The van der Waals surface area contributed by atoms with Crippen molar-refractivity contribution in [2.24, 2.45) is 0 Å². The van der Waals surface area contributed by atoms with Crippen molar-refractivity contribution in [1.29, 1.82) is 0 Å². The van der Waals surface area contributed by atoms with Crippen molar-refractivity contribution >= 4 is 53.9 Å². The first-order valence-electron chi connectivity index (χ1n) is 26.6. The minimum absolute atomic E-state index is 0.477. The van der Waals surface area contributed by atoms with E-state index in [4.69, 9.17) is 23.3 Å². The van der Waals surface area contributed by atoms with Gasteiger partial charge in [-0.05, 0) is 99.3 Å². The minimum atomic E-state index is -1.02. The first-order chi connectivity index (χ1) is 33.1. The maximum absolute atomic E-state index is 9.75. The molecule has 0 saturated heterocycles. The molecule has 0 atom stereocenters. The van der Waals surface area contributed by atoms with Gasteiger partial charge in [-0.3, -0.25) is 0 Å². The van der Waals surface area contributed by atoms with E-state index in [0.717, 1.165) is 6.07 Å². The molecule has 0 unspecified atom stereocenters. The molecule has 0 nitrogen and oxygen atoms in total. The van der Waals surface area contributed by atoms with Crippen LogP contribution in [0.15, 0.2) is 169 Å². The molecule has 0 saturated carbocycles. The van der Waals surface area contributed by atoms with E-state index in [-0.39, 0.29) is 0 Å². The third kappa shape index (κ3) is 3.92. The molecule has 9 aromatic rings. The monoisotopic (exact) mass is 583 g/mol. The first-order valence-corrected chi connectivity index (χ1v) is 13.1. The fraction of sp³-hybridized carbons (Fsp3) is 0. The molecule has 0 spiro atoms. The predicted octanol–water partition coefficient (Wildman–Crippen LogP) is 12.5. The van der Waals surface area contributed by atoms with Crippen LogP contribution < -0.4 is 0 Å². The Kier molecular flexibility index (Phi) is 2.24. The van der Waals surface area contributed by atoms with Gasteiger partial charge in [-0.15, -0.1) is 0 Å². The topological polar surface area (TPSA) is 0 Å². The normalized spacial score (nSPS) is 20.2. The molecular weight excluding hydrogens is 528 g/mol. The van der Waals surface area contributed by atoms with E-state index in [1.165, 1.54) is 0 Å². The molecule has 204 valence electrons. The molecule has 0 N–H and O–H groups in total. The second-order valence-electron chi connectivity index (χ2n) is 9.58. The zero-order valence-corrected chi connectivity index (χ0v) is 22.1. The molecule has 0 aliphatic carbocycles. The maximum atomic E-state index is 9.75. The number of rotatable bonds is 3. The van der Waals surface area contributed by atoms with E-state index in [2.05, 4.69) is 0 Å². The Morgan fingerprint density at radius 2 is 0.750 bits per heavy atom. The SMILES string of the molecule is [2H]c1cc2c(-c3c([2H])c([2H])c(-c4c([2H])c([2H])c5c([2H])c([2H])c([2H])c([2H])c5c4[2H])c([2H])c3[2H])c3c([2H])c([2H])c([2H])c([2H])c3c(-c3c([2H])c([2H])c4c([2H])c([2H])c5c([2H])c([2H])c([2H])c([2H])c5c4c3[2H])c2c([2H])c1[2H]. The van der Waals surface area contributed by atoms with Gasteiger partial charge in [0.25, 0.3) is 0 Å². The van der Waals surface area contributed by atoms with Crippen LogP contribution in [0.2, 0.25) is 0 Å². The number of benzene rings is 9. The van der Waals surface area contributed by atoms with Crippen LogP contribution in [0.1, 0.15) is 37.0 Å². The van der Waals surface area contributed by atoms with Crippen LogP contribution in [0.3, 0.4) is 0 Å². The summed E-state index contributed by atoms with van der Waals surface area (Å²) in [6.45, 7) is 0. The van der Waals surface area contributed by atoms with Crippen LogP contribution in [-0.4, -0.2) is 0 Å². The average Bonchev–Trinajstić information content (AvgIpc) is 3.33. The third-order valence-corrected chi connectivity index (χ3v) is 7.14. The van der Waals surface area contributed by atoms with Gasteiger partial charge in [0.15, 0.2) is 0 Å². The van der Waals surface area contributed by atoms with Gasteiger partial charge < -0.3 is 0 Å². The molecule has 0 bridgehead atoms. The van der Waals surface area contributed by atoms with E-state index in [1.54, 1.807) is 0 Å². The summed E-state index contributed by atoms with van der Waals surface area (Å²) in [5, 5.41) is -5.64. The zero-order valence-electron chi connectivity index (χ0n) is 49.1. The summed E-state index contributed by atoms with van der Waals surface area (Å²) in [4.78, 5) is 0. The molecule has 0 radical (unpaired) electrons. The van der Waals surface area contributed by atoms with E-state index < -0.39 is 250 Å². The molecule has 0 aliphatic heterocycles. The Bertz CT molecular complexity index is 4040.